The second-order valence-electron chi connectivity index (χ2n) is 17.1. The van der Waals surface area contributed by atoms with E-state index >= 15 is 0 Å². The Bertz CT molecular complexity index is 3410. The highest BCUT2D eigenvalue weighted by molar-refractivity contribution is 6.12. The molecule has 3 heterocycles. The van der Waals surface area contributed by atoms with Crippen LogP contribution in [0.25, 0.3) is 72.4 Å². The SMILES string of the molecule is C1=CCC(c2nc(-c3ccccc3)nc(-c3ccc(C4=CC=CC5[C@@H]4Oc4cc6c(-c7ccccc7)nc7ccccc7c6cc4C54c5ccccc5-c5ccccc54)cc3)n2)C=C1. The molecule has 3 atom stereocenters. The van der Waals surface area contributed by atoms with E-state index < -0.39 is 5.41 Å². The summed E-state index contributed by atoms with van der Waals surface area (Å²) in [5.41, 5.74) is 12.9. The van der Waals surface area contributed by atoms with Crippen LogP contribution in [0, 0.1) is 5.92 Å². The molecular formula is C59H40N4O. The van der Waals surface area contributed by atoms with Crippen LogP contribution in [0.15, 0.2) is 212 Å². The summed E-state index contributed by atoms with van der Waals surface area (Å²) in [6.45, 7) is 0. The first kappa shape index (κ1) is 36.6. The standard InChI is InChI=1S/C59H40N4O/c1-4-17-38(18-5-1)54-47-36-53-51(35-46(47)45-25-12-15-30-52(45)60-54)59(48-27-13-10-23-43(48)44-24-11-14-28-49(44)59)50-29-16-26-42(55(50)64-53)37-31-33-41(34-32-37)58-62-56(39-19-6-2-7-20-39)61-57(63-58)40-21-8-3-9-22-40/h1-21,23-36,40,50,55H,22H2/t40?,50?,55-/m1/s1. The zero-order valence-electron chi connectivity index (χ0n) is 34.8. The highest BCUT2D eigenvalue weighted by atomic mass is 16.5. The van der Waals surface area contributed by atoms with Gasteiger partial charge in [0.15, 0.2) is 11.6 Å². The van der Waals surface area contributed by atoms with E-state index in [0.717, 1.165) is 67.8 Å². The van der Waals surface area contributed by atoms with E-state index in [2.05, 4.69) is 194 Å². The van der Waals surface area contributed by atoms with Gasteiger partial charge in [-0.2, -0.15) is 0 Å². The Kier molecular flexibility index (Phi) is 8.32. The van der Waals surface area contributed by atoms with Gasteiger partial charge in [-0.25, -0.2) is 19.9 Å². The average molecular weight is 821 g/mol. The van der Waals surface area contributed by atoms with Gasteiger partial charge in [-0.15, -0.1) is 0 Å². The van der Waals surface area contributed by atoms with E-state index in [1.807, 2.05) is 18.2 Å². The number of benzene rings is 7. The Balaban J connectivity index is 0.986. The predicted molar refractivity (Wildman–Crippen MR) is 258 cm³/mol. The lowest BCUT2D eigenvalue weighted by atomic mass is 9.58. The summed E-state index contributed by atoms with van der Waals surface area (Å²) in [6.07, 6.45) is 15.9. The number of aromatic nitrogens is 4. The van der Waals surface area contributed by atoms with Crippen molar-refractivity contribution in [3.05, 3.63) is 240 Å². The molecule has 7 aromatic carbocycles. The summed E-state index contributed by atoms with van der Waals surface area (Å²) in [7, 11) is 0. The van der Waals surface area contributed by atoms with Crippen LogP contribution in [0.3, 0.4) is 0 Å². The van der Waals surface area contributed by atoms with E-state index in [4.69, 9.17) is 24.7 Å². The Morgan fingerprint density at radius 1 is 0.484 bits per heavy atom. The van der Waals surface area contributed by atoms with Crippen molar-refractivity contribution in [1.82, 2.24) is 19.9 Å². The van der Waals surface area contributed by atoms with Crippen LogP contribution >= 0.6 is 0 Å². The Morgan fingerprint density at radius 3 is 1.84 bits per heavy atom. The predicted octanol–water partition coefficient (Wildman–Crippen LogP) is 13.5. The molecule has 1 aliphatic heterocycles. The van der Waals surface area contributed by atoms with Crippen molar-refractivity contribution in [1.29, 1.82) is 0 Å². The minimum atomic E-state index is -0.537. The summed E-state index contributed by atoms with van der Waals surface area (Å²) in [4.78, 5) is 20.4. The normalized spacial score (nSPS) is 18.6. The number of allylic oxidation sites excluding steroid dienone is 6. The van der Waals surface area contributed by atoms with Crippen molar-refractivity contribution in [3.8, 4) is 50.9 Å². The first-order valence-corrected chi connectivity index (χ1v) is 22.1. The lowest BCUT2D eigenvalue weighted by Crippen LogP contribution is -2.49. The fourth-order valence-electron chi connectivity index (χ4n) is 10.9. The number of ether oxygens (including phenoxy) is 1. The molecule has 1 spiro atoms. The molecule has 0 bridgehead atoms. The van der Waals surface area contributed by atoms with Gasteiger partial charge in [0.25, 0.3) is 0 Å². The number of fused-ring (bicyclic) bond motifs is 12. The van der Waals surface area contributed by atoms with Crippen molar-refractivity contribution in [2.75, 3.05) is 0 Å². The van der Waals surface area contributed by atoms with Crippen LogP contribution in [-0.4, -0.2) is 26.0 Å². The van der Waals surface area contributed by atoms with Crippen LogP contribution in [0.1, 0.15) is 40.4 Å². The molecule has 0 saturated carbocycles. The smallest absolute Gasteiger partial charge is 0.163 e. The summed E-state index contributed by atoms with van der Waals surface area (Å²) in [6, 6.07) is 60.7. The van der Waals surface area contributed by atoms with Gasteiger partial charge in [0.05, 0.1) is 16.6 Å². The lowest BCUT2D eigenvalue weighted by Gasteiger charge is -2.49. The van der Waals surface area contributed by atoms with Crippen LogP contribution in [0.4, 0.5) is 0 Å². The molecule has 0 fully saturated rings. The summed E-state index contributed by atoms with van der Waals surface area (Å²) in [5, 5.41) is 3.37. The van der Waals surface area contributed by atoms with Gasteiger partial charge in [0, 0.05) is 50.4 Å². The quantitative estimate of drug-likeness (QED) is 0.162. The maximum Gasteiger partial charge on any atom is 0.163 e. The zero-order chi connectivity index (χ0) is 42.2. The molecule has 0 N–H and O–H groups in total. The number of pyridine rings is 1. The van der Waals surface area contributed by atoms with E-state index in [-0.39, 0.29) is 17.9 Å². The molecule has 2 aromatic heterocycles. The first-order valence-electron chi connectivity index (χ1n) is 22.1. The first-order chi connectivity index (χ1) is 31.7. The topological polar surface area (TPSA) is 60.8 Å². The molecule has 9 aromatic rings. The number of hydrogen-bond acceptors (Lipinski definition) is 5. The molecule has 5 heteroatoms. The minimum Gasteiger partial charge on any atom is -0.485 e. The monoisotopic (exact) mass is 820 g/mol. The molecule has 13 rings (SSSR count). The average Bonchev–Trinajstić information content (AvgIpc) is 3.67. The van der Waals surface area contributed by atoms with E-state index in [1.54, 1.807) is 0 Å². The molecule has 2 unspecified atom stereocenters. The van der Waals surface area contributed by atoms with E-state index in [9.17, 15) is 0 Å². The second kappa shape index (κ2) is 14.5. The summed E-state index contributed by atoms with van der Waals surface area (Å²) >= 11 is 0. The molecule has 5 nitrogen and oxygen atoms in total. The molecule has 64 heavy (non-hydrogen) atoms. The maximum absolute atomic E-state index is 7.50. The molecule has 0 saturated heterocycles. The fraction of sp³-hybridized carbons (Fsp3) is 0.0847. The highest BCUT2D eigenvalue weighted by Crippen LogP contribution is 2.63. The van der Waals surface area contributed by atoms with Crippen molar-refractivity contribution < 1.29 is 4.74 Å². The Labute approximate surface area is 371 Å². The van der Waals surface area contributed by atoms with Gasteiger partial charge < -0.3 is 4.74 Å². The maximum atomic E-state index is 7.50. The van der Waals surface area contributed by atoms with Gasteiger partial charge in [-0.05, 0) is 57.8 Å². The van der Waals surface area contributed by atoms with Gasteiger partial charge in [0.2, 0.25) is 0 Å². The van der Waals surface area contributed by atoms with Gasteiger partial charge >= 0.3 is 0 Å². The number of para-hydroxylation sites is 1. The molecule has 4 aliphatic rings. The van der Waals surface area contributed by atoms with E-state index in [1.165, 1.54) is 33.2 Å². The lowest BCUT2D eigenvalue weighted by molar-refractivity contribution is 0.149. The third-order valence-corrected chi connectivity index (χ3v) is 13.7. The molecule has 0 amide bonds. The van der Waals surface area contributed by atoms with E-state index in [0.29, 0.717) is 11.6 Å². The van der Waals surface area contributed by atoms with Crippen LogP contribution in [-0.2, 0) is 5.41 Å². The number of hydrogen-bond donors (Lipinski definition) is 0. The molecule has 0 radical (unpaired) electrons. The van der Waals surface area contributed by atoms with Crippen molar-refractivity contribution in [2.45, 2.75) is 23.9 Å². The number of nitrogens with zero attached hydrogens (tertiary/aromatic N) is 4. The van der Waals surface area contributed by atoms with Gasteiger partial charge in [-0.1, -0.05) is 194 Å². The third-order valence-electron chi connectivity index (χ3n) is 13.7. The highest BCUT2D eigenvalue weighted by Gasteiger charge is 2.57. The van der Waals surface area contributed by atoms with Crippen LogP contribution < -0.4 is 4.74 Å². The second-order valence-corrected chi connectivity index (χ2v) is 17.1. The van der Waals surface area contributed by atoms with Gasteiger partial charge in [-0.3, -0.25) is 0 Å². The van der Waals surface area contributed by atoms with Gasteiger partial charge in [0.1, 0.15) is 17.7 Å². The zero-order valence-corrected chi connectivity index (χ0v) is 34.8. The molecule has 302 valence electrons. The molecule has 3 aliphatic carbocycles. The third kappa shape index (κ3) is 5.57. The van der Waals surface area contributed by atoms with Crippen molar-refractivity contribution >= 4 is 27.2 Å². The van der Waals surface area contributed by atoms with Crippen molar-refractivity contribution in [2.24, 2.45) is 5.92 Å². The summed E-state index contributed by atoms with van der Waals surface area (Å²) in [5.74, 6) is 3.03. The van der Waals surface area contributed by atoms with Crippen LogP contribution in [0.5, 0.6) is 5.75 Å². The summed E-state index contributed by atoms with van der Waals surface area (Å²) < 4.78 is 7.50. The van der Waals surface area contributed by atoms with Crippen molar-refractivity contribution in [3.63, 3.8) is 0 Å². The number of rotatable bonds is 5. The fourth-order valence-corrected chi connectivity index (χ4v) is 10.9. The Morgan fingerprint density at radius 2 is 1.12 bits per heavy atom. The molecular weight excluding hydrogens is 781 g/mol. The largest absolute Gasteiger partial charge is 0.485 e. The minimum absolute atomic E-state index is 0.0549. The van der Waals surface area contributed by atoms with Crippen LogP contribution in [0.2, 0.25) is 0 Å². The Hall–Kier alpha value is -8.02.